The number of carbonyl (C=O) groups is 1. The van der Waals surface area contributed by atoms with Gasteiger partial charge in [0.15, 0.2) is 5.65 Å². The number of amides is 1. The molecule has 3 heterocycles. The molecule has 8 nitrogen and oxygen atoms in total. The Hall–Kier alpha value is -3.13. The molecule has 1 fully saturated rings. The van der Waals surface area contributed by atoms with Crippen molar-refractivity contribution in [2.24, 2.45) is 0 Å². The van der Waals surface area contributed by atoms with Crippen LogP contribution in [-0.2, 0) is 0 Å². The Morgan fingerprint density at radius 3 is 2.45 bits per heavy atom. The molecule has 0 N–H and O–H groups in total. The van der Waals surface area contributed by atoms with E-state index in [0.717, 1.165) is 42.2 Å². The second kappa shape index (κ2) is 9.34. The number of piperazine rings is 1. The minimum atomic E-state index is 0.0285. The van der Waals surface area contributed by atoms with Gasteiger partial charge in [-0.2, -0.15) is 5.10 Å². The molecular formula is C23H29N5O3. The molecule has 31 heavy (non-hydrogen) atoms. The number of hydrogen-bond donors (Lipinski definition) is 0. The smallest absolute Gasteiger partial charge is 0.255 e. The van der Waals surface area contributed by atoms with Crippen LogP contribution in [0, 0.1) is 0 Å². The number of aromatic nitrogens is 3. The van der Waals surface area contributed by atoms with Crippen LogP contribution in [0.3, 0.4) is 0 Å². The minimum absolute atomic E-state index is 0.0285. The number of ether oxygens (including phenoxy) is 2. The summed E-state index contributed by atoms with van der Waals surface area (Å²) in [6, 6.07) is 9.72. The first-order chi connectivity index (χ1) is 15.0. The summed E-state index contributed by atoms with van der Waals surface area (Å²) in [6.45, 7) is 8.63. The lowest BCUT2D eigenvalue weighted by Crippen LogP contribution is -2.49. The highest BCUT2D eigenvalue weighted by atomic mass is 16.5. The van der Waals surface area contributed by atoms with Gasteiger partial charge in [-0.1, -0.05) is 0 Å². The standard InChI is InChI=1S/C23H29N5O3/c1-17(2)28-22-18(16-25-28)14-19(15-24-22)23(29)27-10-8-26(9-11-27)12-13-31-21-6-4-20(30-3)5-7-21/h4-7,14-17H,8-13H2,1-3H3. The zero-order valence-electron chi connectivity index (χ0n) is 18.3. The highest BCUT2D eigenvalue weighted by Crippen LogP contribution is 2.19. The van der Waals surface area contributed by atoms with E-state index in [-0.39, 0.29) is 11.9 Å². The minimum Gasteiger partial charge on any atom is -0.497 e. The second-order valence-corrected chi connectivity index (χ2v) is 7.98. The van der Waals surface area contributed by atoms with Crippen molar-refractivity contribution < 1.29 is 14.3 Å². The summed E-state index contributed by atoms with van der Waals surface area (Å²) in [7, 11) is 1.65. The maximum Gasteiger partial charge on any atom is 0.255 e. The van der Waals surface area contributed by atoms with Gasteiger partial charge in [0.1, 0.15) is 18.1 Å². The Morgan fingerprint density at radius 1 is 1.06 bits per heavy atom. The van der Waals surface area contributed by atoms with Crippen LogP contribution >= 0.6 is 0 Å². The largest absolute Gasteiger partial charge is 0.497 e. The van der Waals surface area contributed by atoms with Gasteiger partial charge in [-0.3, -0.25) is 9.69 Å². The molecular weight excluding hydrogens is 394 g/mol. The van der Waals surface area contributed by atoms with E-state index < -0.39 is 0 Å². The van der Waals surface area contributed by atoms with Crippen molar-refractivity contribution in [2.45, 2.75) is 19.9 Å². The maximum atomic E-state index is 12.9. The van der Waals surface area contributed by atoms with Gasteiger partial charge >= 0.3 is 0 Å². The van der Waals surface area contributed by atoms with Crippen LogP contribution < -0.4 is 9.47 Å². The molecule has 1 aromatic carbocycles. The third-order valence-corrected chi connectivity index (χ3v) is 5.56. The van der Waals surface area contributed by atoms with Crippen LogP contribution in [0.15, 0.2) is 42.7 Å². The van der Waals surface area contributed by atoms with Crippen molar-refractivity contribution in [3.8, 4) is 11.5 Å². The predicted octanol–water partition coefficient (Wildman–Crippen LogP) is 2.86. The molecule has 1 amide bonds. The van der Waals surface area contributed by atoms with Crippen LogP contribution in [-0.4, -0.2) is 76.9 Å². The molecule has 1 saturated heterocycles. The zero-order valence-corrected chi connectivity index (χ0v) is 18.3. The Balaban J connectivity index is 1.27. The Bertz CT molecular complexity index is 1020. The molecule has 0 radical (unpaired) electrons. The molecule has 1 aliphatic heterocycles. The summed E-state index contributed by atoms with van der Waals surface area (Å²) in [5.41, 5.74) is 1.43. The number of carbonyl (C=O) groups excluding carboxylic acids is 1. The van der Waals surface area contributed by atoms with Gasteiger partial charge in [-0.25, -0.2) is 9.67 Å². The van der Waals surface area contributed by atoms with Crippen molar-refractivity contribution in [1.29, 1.82) is 0 Å². The molecule has 1 aliphatic rings. The fourth-order valence-electron chi connectivity index (χ4n) is 3.76. The third-order valence-electron chi connectivity index (χ3n) is 5.56. The summed E-state index contributed by atoms with van der Waals surface area (Å²) >= 11 is 0. The lowest BCUT2D eigenvalue weighted by atomic mass is 10.2. The van der Waals surface area contributed by atoms with Gasteiger partial charge in [0.25, 0.3) is 5.91 Å². The molecule has 0 unspecified atom stereocenters. The van der Waals surface area contributed by atoms with Crippen molar-refractivity contribution in [3.63, 3.8) is 0 Å². The summed E-state index contributed by atoms with van der Waals surface area (Å²) in [5, 5.41) is 5.28. The van der Waals surface area contributed by atoms with E-state index in [9.17, 15) is 4.79 Å². The lowest BCUT2D eigenvalue weighted by Gasteiger charge is -2.34. The average Bonchev–Trinajstić information content (AvgIpc) is 3.23. The Kier molecular flexibility index (Phi) is 6.36. The van der Waals surface area contributed by atoms with Gasteiger partial charge in [0.05, 0.1) is 18.9 Å². The summed E-state index contributed by atoms with van der Waals surface area (Å²) in [4.78, 5) is 21.7. The summed E-state index contributed by atoms with van der Waals surface area (Å²) in [6.07, 6.45) is 3.44. The monoisotopic (exact) mass is 423 g/mol. The van der Waals surface area contributed by atoms with Crippen LogP contribution in [0.1, 0.15) is 30.2 Å². The van der Waals surface area contributed by atoms with Gasteiger partial charge in [0, 0.05) is 50.3 Å². The fourth-order valence-corrected chi connectivity index (χ4v) is 3.76. The molecule has 0 aliphatic carbocycles. The van der Waals surface area contributed by atoms with Crippen LogP contribution in [0.2, 0.25) is 0 Å². The summed E-state index contributed by atoms with van der Waals surface area (Å²) < 4.78 is 12.8. The van der Waals surface area contributed by atoms with Crippen molar-refractivity contribution >= 4 is 16.9 Å². The third kappa shape index (κ3) is 4.80. The molecule has 0 spiro atoms. The summed E-state index contributed by atoms with van der Waals surface area (Å²) in [5.74, 6) is 1.68. The van der Waals surface area contributed by atoms with E-state index in [1.165, 1.54) is 0 Å². The maximum absolute atomic E-state index is 12.9. The number of hydrogen-bond acceptors (Lipinski definition) is 6. The predicted molar refractivity (Wildman–Crippen MR) is 119 cm³/mol. The van der Waals surface area contributed by atoms with Crippen molar-refractivity contribution in [1.82, 2.24) is 24.6 Å². The fraction of sp³-hybridized carbons (Fsp3) is 0.435. The zero-order chi connectivity index (χ0) is 21.8. The van der Waals surface area contributed by atoms with Crippen LogP contribution in [0.25, 0.3) is 11.0 Å². The quantitative estimate of drug-likeness (QED) is 0.582. The van der Waals surface area contributed by atoms with E-state index in [2.05, 4.69) is 28.8 Å². The number of pyridine rings is 1. The van der Waals surface area contributed by atoms with E-state index in [4.69, 9.17) is 9.47 Å². The first kappa shape index (κ1) is 21.1. The number of rotatable bonds is 7. The Labute approximate surface area is 182 Å². The molecule has 164 valence electrons. The van der Waals surface area contributed by atoms with E-state index >= 15 is 0 Å². The molecule has 2 aromatic heterocycles. The van der Waals surface area contributed by atoms with E-state index in [0.29, 0.717) is 25.3 Å². The Morgan fingerprint density at radius 2 is 1.77 bits per heavy atom. The normalized spacial score (nSPS) is 14.9. The first-order valence-corrected chi connectivity index (χ1v) is 10.7. The van der Waals surface area contributed by atoms with Gasteiger partial charge in [-0.15, -0.1) is 0 Å². The molecule has 8 heteroatoms. The van der Waals surface area contributed by atoms with Crippen molar-refractivity contribution in [3.05, 3.63) is 48.3 Å². The van der Waals surface area contributed by atoms with E-state index in [1.54, 1.807) is 19.5 Å². The highest BCUT2D eigenvalue weighted by Gasteiger charge is 2.23. The first-order valence-electron chi connectivity index (χ1n) is 10.7. The molecule has 0 atom stereocenters. The number of fused-ring (bicyclic) bond motifs is 1. The second-order valence-electron chi connectivity index (χ2n) is 7.98. The van der Waals surface area contributed by atoms with Gasteiger partial charge in [0.2, 0.25) is 0 Å². The van der Waals surface area contributed by atoms with Gasteiger partial charge in [-0.05, 0) is 44.2 Å². The van der Waals surface area contributed by atoms with Crippen LogP contribution in [0.5, 0.6) is 11.5 Å². The van der Waals surface area contributed by atoms with Crippen LogP contribution in [0.4, 0.5) is 0 Å². The van der Waals surface area contributed by atoms with Gasteiger partial charge < -0.3 is 14.4 Å². The number of methoxy groups -OCH3 is 1. The van der Waals surface area contributed by atoms with E-state index in [1.807, 2.05) is 39.9 Å². The topological polar surface area (TPSA) is 72.7 Å². The molecule has 0 bridgehead atoms. The number of nitrogens with zero attached hydrogens (tertiary/aromatic N) is 5. The molecule has 3 aromatic rings. The lowest BCUT2D eigenvalue weighted by molar-refractivity contribution is 0.0620. The SMILES string of the molecule is COc1ccc(OCCN2CCN(C(=O)c3cnc4c(cnn4C(C)C)c3)CC2)cc1. The average molecular weight is 424 g/mol. The number of benzene rings is 1. The highest BCUT2D eigenvalue weighted by molar-refractivity contribution is 5.96. The molecule has 0 saturated carbocycles. The van der Waals surface area contributed by atoms with Crippen molar-refractivity contribution in [2.75, 3.05) is 46.4 Å². The molecule has 4 rings (SSSR count).